The smallest absolute Gasteiger partial charge is 0.326 e. The molecule has 1 N–H and O–H groups in total. The van der Waals surface area contributed by atoms with Gasteiger partial charge in [0.15, 0.2) is 0 Å². The summed E-state index contributed by atoms with van der Waals surface area (Å²) >= 11 is 0. The fourth-order valence-corrected chi connectivity index (χ4v) is 1.89. The molecule has 0 saturated carbocycles. The van der Waals surface area contributed by atoms with Crippen LogP contribution in [0, 0.1) is 5.82 Å². The van der Waals surface area contributed by atoms with Gasteiger partial charge in [-0.1, -0.05) is 19.1 Å². The third-order valence-electron chi connectivity index (χ3n) is 2.85. The van der Waals surface area contributed by atoms with E-state index in [-0.39, 0.29) is 11.8 Å². The topological polar surface area (TPSA) is 38.3 Å². The van der Waals surface area contributed by atoms with Gasteiger partial charge in [-0.3, -0.25) is 4.79 Å². The first-order valence-corrected chi connectivity index (χ1v) is 6.09. The van der Waals surface area contributed by atoms with Crippen molar-refractivity contribution in [3.05, 3.63) is 35.6 Å². The van der Waals surface area contributed by atoms with Gasteiger partial charge < -0.3 is 10.1 Å². The van der Waals surface area contributed by atoms with E-state index in [1.807, 2.05) is 6.92 Å². The molecule has 0 aromatic heterocycles. The Morgan fingerprint density at radius 2 is 2.22 bits per heavy atom. The maximum absolute atomic E-state index is 13.1. The van der Waals surface area contributed by atoms with E-state index in [9.17, 15) is 9.18 Å². The van der Waals surface area contributed by atoms with Crippen LogP contribution in [0.3, 0.4) is 0 Å². The second-order valence-corrected chi connectivity index (χ2v) is 4.56. The van der Waals surface area contributed by atoms with E-state index < -0.39 is 5.54 Å². The van der Waals surface area contributed by atoms with Gasteiger partial charge in [0.05, 0.1) is 7.11 Å². The molecule has 0 amide bonds. The van der Waals surface area contributed by atoms with E-state index in [4.69, 9.17) is 4.74 Å². The number of hydrogen-bond donors (Lipinski definition) is 1. The highest BCUT2D eigenvalue weighted by Gasteiger charge is 2.33. The molecule has 3 nitrogen and oxygen atoms in total. The number of carbonyl (C=O) groups excluding carboxylic acids is 1. The Kier molecular flexibility index (Phi) is 5.28. The van der Waals surface area contributed by atoms with Gasteiger partial charge in [-0.15, -0.1) is 0 Å². The maximum Gasteiger partial charge on any atom is 0.326 e. The molecule has 0 spiro atoms. The van der Waals surface area contributed by atoms with E-state index in [2.05, 4.69) is 5.32 Å². The second-order valence-electron chi connectivity index (χ2n) is 4.56. The number of benzene rings is 1. The lowest BCUT2D eigenvalue weighted by Gasteiger charge is -2.28. The molecule has 18 heavy (non-hydrogen) atoms. The van der Waals surface area contributed by atoms with E-state index >= 15 is 0 Å². The highest BCUT2D eigenvalue weighted by Crippen LogP contribution is 2.16. The number of methoxy groups -OCH3 is 1. The van der Waals surface area contributed by atoms with Gasteiger partial charge in [-0.2, -0.15) is 0 Å². The summed E-state index contributed by atoms with van der Waals surface area (Å²) in [5, 5.41) is 3.17. The van der Waals surface area contributed by atoms with Crippen molar-refractivity contribution >= 4 is 5.97 Å². The maximum atomic E-state index is 13.1. The number of carbonyl (C=O) groups is 1. The van der Waals surface area contributed by atoms with Crippen LogP contribution >= 0.6 is 0 Å². The van der Waals surface area contributed by atoms with Gasteiger partial charge >= 0.3 is 5.97 Å². The number of nitrogens with one attached hydrogen (secondary N) is 1. The van der Waals surface area contributed by atoms with Crippen molar-refractivity contribution in [3.63, 3.8) is 0 Å². The first kappa shape index (κ1) is 14.6. The molecule has 4 heteroatoms. The van der Waals surface area contributed by atoms with Crippen molar-refractivity contribution in [2.24, 2.45) is 0 Å². The quantitative estimate of drug-likeness (QED) is 0.791. The number of rotatable bonds is 6. The molecule has 0 aliphatic heterocycles. The van der Waals surface area contributed by atoms with E-state index in [1.165, 1.54) is 19.2 Å². The number of hydrogen-bond acceptors (Lipinski definition) is 3. The standard InChI is InChI=1S/C14H20FNO2/c1-4-8-16-14(2,13(17)18-3)10-11-6-5-7-12(15)9-11/h5-7,9,16H,4,8,10H2,1-3H3. The van der Waals surface area contributed by atoms with Crippen LogP contribution in [-0.4, -0.2) is 25.2 Å². The molecule has 1 unspecified atom stereocenters. The normalized spacial score (nSPS) is 14.0. The predicted octanol–water partition coefficient (Wildman–Crippen LogP) is 2.30. The number of ether oxygens (including phenoxy) is 1. The van der Waals surface area contributed by atoms with Gasteiger partial charge in [0.2, 0.25) is 0 Å². The molecule has 1 atom stereocenters. The Balaban J connectivity index is 2.87. The molecular weight excluding hydrogens is 233 g/mol. The molecule has 0 aliphatic carbocycles. The van der Waals surface area contributed by atoms with Crippen molar-refractivity contribution in [1.82, 2.24) is 5.32 Å². The van der Waals surface area contributed by atoms with Crippen LogP contribution in [0.4, 0.5) is 4.39 Å². The molecule has 0 aliphatic rings. The van der Waals surface area contributed by atoms with Gasteiger partial charge in [0.1, 0.15) is 11.4 Å². The van der Waals surface area contributed by atoms with Crippen molar-refractivity contribution < 1.29 is 13.9 Å². The van der Waals surface area contributed by atoms with Crippen LogP contribution in [-0.2, 0) is 16.0 Å². The van der Waals surface area contributed by atoms with Crippen LogP contribution in [0.5, 0.6) is 0 Å². The minimum absolute atomic E-state index is 0.296. The van der Waals surface area contributed by atoms with Crippen molar-refractivity contribution in [2.75, 3.05) is 13.7 Å². The summed E-state index contributed by atoms with van der Waals surface area (Å²) in [5.74, 6) is -0.629. The predicted molar refractivity (Wildman–Crippen MR) is 68.8 cm³/mol. The fourth-order valence-electron chi connectivity index (χ4n) is 1.89. The summed E-state index contributed by atoms with van der Waals surface area (Å²) in [5.41, 5.74) is -0.0510. The first-order chi connectivity index (χ1) is 8.51. The van der Waals surface area contributed by atoms with Crippen LogP contribution in [0.25, 0.3) is 0 Å². The fraction of sp³-hybridized carbons (Fsp3) is 0.500. The number of esters is 1. The monoisotopic (exact) mass is 253 g/mol. The average molecular weight is 253 g/mol. The minimum atomic E-state index is -0.821. The zero-order valence-electron chi connectivity index (χ0n) is 11.1. The molecule has 0 fully saturated rings. The lowest BCUT2D eigenvalue weighted by Crippen LogP contribution is -2.52. The summed E-state index contributed by atoms with van der Waals surface area (Å²) in [6.45, 7) is 4.51. The van der Waals surface area contributed by atoms with Crippen LogP contribution < -0.4 is 5.32 Å². The second kappa shape index (κ2) is 6.50. The molecule has 0 bridgehead atoms. The van der Waals surface area contributed by atoms with Crippen molar-refractivity contribution in [3.8, 4) is 0 Å². The van der Waals surface area contributed by atoms with E-state index in [0.29, 0.717) is 13.0 Å². The molecule has 100 valence electrons. The van der Waals surface area contributed by atoms with Crippen molar-refractivity contribution in [2.45, 2.75) is 32.2 Å². The SMILES string of the molecule is CCCNC(C)(Cc1cccc(F)c1)C(=O)OC. The summed E-state index contributed by atoms with van der Waals surface area (Å²) in [6.07, 6.45) is 1.31. The molecule has 1 rings (SSSR count). The van der Waals surface area contributed by atoms with Gasteiger partial charge in [0.25, 0.3) is 0 Å². The van der Waals surface area contributed by atoms with Gasteiger partial charge in [0, 0.05) is 6.42 Å². The average Bonchev–Trinajstić information content (AvgIpc) is 2.35. The summed E-state index contributed by atoms with van der Waals surface area (Å²) in [7, 11) is 1.36. The van der Waals surface area contributed by atoms with E-state index in [1.54, 1.807) is 19.1 Å². The lowest BCUT2D eigenvalue weighted by molar-refractivity contribution is -0.147. The third-order valence-corrected chi connectivity index (χ3v) is 2.85. The van der Waals surface area contributed by atoms with E-state index in [0.717, 1.165) is 12.0 Å². The Hall–Kier alpha value is -1.42. The Morgan fingerprint density at radius 3 is 2.78 bits per heavy atom. The van der Waals surface area contributed by atoms with Crippen molar-refractivity contribution in [1.29, 1.82) is 0 Å². The van der Waals surface area contributed by atoms with Gasteiger partial charge in [-0.25, -0.2) is 4.39 Å². The highest BCUT2D eigenvalue weighted by atomic mass is 19.1. The minimum Gasteiger partial charge on any atom is -0.468 e. The molecule has 0 radical (unpaired) electrons. The summed E-state index contributed by atoms with van der Waals surface area (Å²) in [6, 6.07) is 6.27. The zero-order chi connectivity index (χ0) is 13.6. The van der Waals surface area contributed by atoms with Gasteiger partial charge in [-0.05, 0) is 37.6 Å². The molecule has 1 aromatic carbocycles. The number of halogens is 1. The Morgan fingerprint density at radius 1 is 1.50 bits per heavy atom. The molecule has 0 saturated heterocycles. The molecular formula is C14H20FNO2. The Labute approximate surface area is 107 Å². The van der Waals surface area contributed by atoms with Crippen LogP contribution in [0.15, 0.2) is 24.3 Å². The Bertz CT molecular complexity index is 409. The van der Waals surface area contributed by atoms with Crippen LogP contribution in [0.1, 0.15) is 25.8 Å². The lowest BCUT2D eigenvalue weighted by atomic mass is 9.92. The largest absolute Gasteiger partial charge is 0.468 e. The third kappa shape index (κ3) is 3.81. The van der Waals surface area contributed by atoms with Crippen LogP contribution in [0.2, 0.25) is 0 Å². The molecule has 1 aromatic rings. The summed E-state index contributed by atoms with van der Waals surface area (Å²) < 4.78 is 18.0. The summed E-state index contributed by atoms with van der Waals surface area (Å²) in [4.78, 5) is 11.9. The molecule has 0 heterocycles. The first-order valence-electron chi connectivity index (χ1n) is 6.09. The highest BCUT2D eigenvalue weighted by molar-refractivity contribution is 5.80. The zero-order valence-corrected chi connectivity index (χ0v) is 11.1.